The summed E-state index contributed by atoms with van der Waals surface area (Å²) in [5.41, 5.74) is 0.701. The molecule has 0 saturated carbocycles. The fraction of sp³-hybridized carbons (Fsp3) is 0.333. The zero-order valence-corrected chi connectivity index (χ0v) is 8.19. The number of hydrogen-bond donors (Lipinski definition) is 0. The van der Waals surface area contributed by atoms with Crippen LogP contribution in [0.2, 0.25) is 10.0 Å². The van der Waals surface area contributed by atoms with E-state index >= 15 is 0 Å². The molecule has 0 aliphatic rings. The smallest absolute Gasteiger partial charge is 0.118 e. The molecule has 1 aromatic rings. The third kappa shape index (κ3) is 2.13. The molecule has 1 aromatic carbocycles. The molecule has 0 aromatic heterocycles. The van der Waals surface area contributed by atoms with E-state index in [2.05, 4.69) is 0 Å². The van der Waals surface area contributed by atoms with Gasteiger partial charge in [-0.3, -0.25) is 0 Å². The van der Waals surface area contributed by atoms with Crippen LogP contribution >= 0.6 is 23.2 Å². The van der Waals surface area contributed by atoms with Crippen LogP contribution in [0.3, 0.4) is 0 Å². The second-order valence-corrected chi connectivity index (χ2v) is 3.38. The lowest BCUT2D eigenvalue weighted by atomic mass is 10.1. The molecule has 1 rings (SSSR count). The summed E-state index contributed by atoms with van der Waals surface area (Å²) in [6.07, 6.45) is -0.127. The zero-order chi connectivity index (χ0) is 9.14. The Morgan fingerprint density at radius 2 is 2.00 bits per heavy atom. The fourth-order valence-electron chi connectivity index (χ4n) is 0.948. The Morgan fingerprint density at radius 3 is 2.50 bits per heavy atom. The molecule has 0 saturated heterocycles. The van der Waals surface area contributed by atoms with Crippen molar-refractivity contribution in [3.05, 3.63) is 33.8 Å². The third-order valence-electron chi connectivity index (χ3n) is 1.69. The molecule has 3 heteroatoms. The Kier molecular flexibility index (Phi) is 3.39. The van der Waals surface area contributed by atoms with Crippen LogP contribution < -0.4 is 0 Å². The van der Waals surface area contributed by atoms with Gasteiger partial charge in [0.1, 0.15) is 6.10 Å². The molecule has 0 amide bonds. The molecular formula is C9H9Cl2O. The van der Waals surface area contributed by atoms with E-state index in [4.69, 9.17) is 23.2 Å². The van der Waals surface area contributed by atoms with Crippen molar-refractivity contribution in [1.29, 1.82) is 0 Å². The summed E-state index contributed by atoms with van der Waals surface area (Å²) < 4.78 is 0. The average Bonchev–Trinajstić information content (AvgIpc) is 2.08. The van der Waals surface area contributed by atoms with Crippen molar-refractivity contribution in [1.82, 2.24) is 0 Å². The van der Waals surface area contributed by atoms with E-state index in [1.165, 1.54) is 0 Å². The largest absolute Gasteiger partial charge is 0.228 e. The maximum absolute atomic E-state index is 11.3. The molecular weight excluding hydrogens is 195 g/mol. The third-order valence-corrected chi connectivity index (χ3v) is 2.43. The summed E-state index contributed by atoms with van der Waals surface area (Å²) in [6, 6.07) is 5.00. The highest BCUT2D eigenvalue weighted by atomic mass is 35.5. The van der Waals surface area contributed by atoms with Crippen molar-refractivity contribution >= 4 is 23.2 Å². The quantitative estimate of drug-likeness (QED) is 0.696. The topological polar surface area (TPSA) is 19.9 Å². The van der Waals surface area contributed by atoms with Gasteiger partial charge in [-0.2, -0.15) is 0 Å². The molecule has 1 radical (unpaired) electrons. The lowest BCUT2D eigenvalue weighted by Crippen LogP contribution is -1.92. The molecule has 0 aliphatic carbocycles. The molecule has 1 atom stereocenters. The summed E-state index contributed by atoms with van der Waals surface area (Å²) >= 11 is 11.4. The van der Waals surface area contributed by atoms with E-state index in [9.17, 15) is 5.11 Å². The molecule has 0 bridgehead atoms. The first-order valence-electron chi connectivity index (χ1n) is 3.76. The minimum atomic E-state index is -0.695. The highest BCUT2D eigenvalue weighted by Gasteiger charge is 2.07. The highest BCUT2D eigenvalue weighted by Crippen LogP contribution is 2.26. The van der Waals surface area contributed by atoms with Crippen molar-refractivity contribution < 1.29 is 5.11 Å². The molecule has 1 unspecified atom stereocenters. The molecule has 65 valence electrons. The first kappa shape index (κ1) is 9.85. The van der Waals surface area contributed by atoms with Crippen LogP contribution in [0, 0.1) is 0 Å². The zero-order valence-electron chi connectivity index (χ0n) is 6.68. The maximum Gasteiger partial charge on any atom is 0.118 e. The van der Waals surface area contributed by atoms with E-state index in [0.29, 0.717) is 22.0 Å². The minimum Gasteiger partial charge on any atom is -0.228 e. The van der Waals surface area contributed by atoms with Crippen LogP contribution in [-0.2, 0) is 5.11 Å². The first-order chi connectivity index (χ1) is 5.65. The van der Waals surface area contributed by atoms with Crippen LogP contribution in [0.5, 0.6) is 0 Å². The lowest BCUT2D eigenvalue weighted by Gasteiger charge is -2.05. The molecule has 0 fully saturated rings. The van der Waals surface area contributed by atoms with Crippen LogP contribution in [0.25, 0.3) is 0 Å². The Labute approximate surface area is 81.9 Å². The molecule has 0 aliphatic heterocycles. The van der Waals surface area contributed by atoms with Gasteiger partial charge in [0.2, 0.25) is 0 Å². The van der Waals surface area contributed by atoms with Gasteiger partial charge in [-0.05, 0) is 24.1 Å². The van der Waals surface area contributed by atoms with Gasteiger partial charge in [0.05, 0.1) is 10.0 Å². The summed E-state index contributed by atoms with van der Waals surface area (Å²) in [6.45, 7) is 1.85. The Bertz CT molecular complexity index is 273. The Hall–Kier alpha value is -0.240. The number of halogens is 2. The molecule has 0 heterocycles. The van der Waals surface area contributed by atoms with Crippen molar-refractivity contribution in [2.75, 3.05) is 0 Å². The Morgan fingerprint density at radius 1 is 1.33 bits per heavy atom. The molecule has 1 nitrogen and oxygen atoms in total. The van der Waals surface area contributed by atoms with E-state index in [1.807, 2.05) is 6.92 Å². The van der Waals surface area contributed by atoms with Gasteiger partial charge >= 0.3 is 0 Å². The standard InChI is InChI=1S/C9H9Cl2O/c1-2-9(12)6-3-4-7(10)8(11)5-6/h3-5,9H,2H2,1H3. The molecule has 0 N–H and O–H groups in total. The summed E-state index contributed by atoms with van der Waals surface area (Å²) in [5.74, 6) is 0. The van der Waals surface area contributed by atoms with Gasteiger partial charge in [0, 0.05) is 0 Å². The summed E-state index contributed by atoms with van der Waals surface area (Å²) in [7, 11) is 0. The SMILES string of the molecule is CCC([O])c1ccc(Cl)c(Cl)c1. The summed E-state index contributed by atoms with van der Waals surface area (Å²) in [4.78, 5) is 0. The second kappa shape index (κ2) is 4.13. The van der Waals surface area contributed by atoms with Crippen LogP contribution in [0.15, 0.2) is 18.2 Å². The van der Waals surface area contributed by atoms with Crippen molar-refractivity contribution in [3.63, 3.8) is 0 Å². The van der Waals surface area contributed by atoms with Gasteiger partial charge in [-0.1, -0.05) is 36.2 Å². The van der Waals surface area contributed by atoms with Crippen LogP contribution in [0.1, 0.15) is 25.0 Å². The van der Waals surface area contributed by atoms with Crippen molar-refractivity contribution in [2.45, 2.75) is 19.4 Å². The first-order valence-corrected chi connectivity index (χ1v) is 4.51. The van der Waals surface area contributed by atoms with E-state index in [-0.39, 0.29) is 0 Å². The minimum absolute atomic E-state index is 0.448. The number of hydrogen-bond acceptors (Lipinski definition) is 0. The Balaban J connectivity index is 2.96. The maximum atomic E-state index is 11.3. The summed E-state index contributed by atoms with van der Waals surface area (Å²) in [5, 5.41) is 12.2. The van der Waals surface area contributed by atoms with E-state index < -0.39 is 6.10 Å². The predicted octanol–water partition coefficient (Wildman–Crippen LogP) is 3.88. The average molecular weight is 204 g/mol. The normalized spacial score (nSPS) is 13.0. The van der Waals surface area contributed by atoms with Gasteiger partial charge in [-0.15, -0.1) is 0 Å². The van der Waals surface area contributed by atoms with Crippen molar-refractivity contribution in [3.8, 4) is 0 Å². The van der Waals surface area contributed by atoms with Gasteiger partial charge in [0.15, 0.2) is 0 Å². The van der Waals surface area contributed by atoms with Gasteiger partial charge < -0.3 is 0 Å². The number of benzene rings is 1. The fourth-order valence-corrected chi connectivity index (χ4v) is 1.25. The monoisotopic (exact) mass is 203 g/mol. The van der Waals surface area contributed by atoms with E-state index in [1.54, 1.807) is 18.2 Å². The lowest BCUT2D eigenvalue weighted by molar-refractivity contribution is 0.0857. The predicted molar refractivity (Wildman–Crippen MR) is 50.2 cm³/mol. The van der Waals surface area contributed by atoms with E-state index in [0.717, 1.165) is 0 Å². The van der Waals surface area contributed by atoms with Gasteiger partial charge in [0.25, 0.3) is 0 Å². The van der Waals surface area contributed by atoms with Gasteiger partial charge in [-0.25, -0.2) is 5.11 Å². The highest BCUT2D eigenvalue weighted by molar-refractivity contribution is 6.42. The van der Waals surface area contributed by atoms with Crippen molar-refractivity contribution in [2.24, 2.45) is 0 Å². The molecule has 0 spiro atoms. The molecule has 12 heavy (non-hydrogen) atoms. The van der Waals surface area contributed by atoms with Crippen LogP contribution in [0.4, 0.5) is 0 Å². The van der Waals surface area contributed by atoms with Crippen LogP contribution in [-0.4, -0.2) is 0 Å². The second-order valence-electron chi connectivity index (χ2n) is 2.57. The number of rotatable bonds is 2.